The number of aromatic nitrogens is 3. The summed E-state index contributed by atoms with van der Waals surface area (Å²) in [5, 5.41) is 0.336. The Balaban J connectivity index is 3.03. The molecule has 6 heteroatoms. The lowest BCUT2D eigenvalue weighted by Crippen LogP contribution is -2.10. The van der Waals surface area contributed by atoms with Crippen LogP contribution in [0.5, 0.6) is 0 Å². The van der Waals surface area contributed by atoms with Gasteiger partial charge in [0.1, 0.15) is 10.7 Å². The van der Waals surface area contributed by atoms with Crippen LogP contribution in [-0.2, 0) is 0 Å². The van der Waals surface area contributed by atoms with Crippen molar-refractivity contribution in [3.05, 3.63) is 33.8 Å². The number of hydrogen-bond donors (Lipinski definition) is 1. The lowest BCUT2D eigenvalue weighted by atomic mass is 10.3. The quantitative estimate of drug-likeness (QED) is 0.647. The van der Waals surface area contributed by atoms with Crippen LogP contribution in [0.4, 0.5) is 4.39 Å². The van der Waals surface area contributed by atoms with Gasteiger partial charge in [-0.1, -0.05) is 11.6 Å². The maximum absolute atomic E-state index is 13.0. The molecule has 4 nitrogen and oxygen atoms in total. The van der Waals surface area contributed by atoms with Crippen molar-refractivity contribution in [1.29, 1.82) is 0 Å². The molecule has 0 fully saturated rings. The standard InChI is InChI=1S/C7H3ClFN3O/c8-6-3-1-10-2-4(9)5(3)11-7(13)12-6/h1-2H,(H,11,12,13). The van der Waals surface area contributed by atoms with E-state index in [9.17, 15) is 9.18 Å². The molecule has 0 radical (unpaired) electrons. The highest BCUT2D eigenvalue weighted by molar-refractivity contribution is 6.33. The number of halogens is 2. The number of rotatable bonds is 0. The lowest BCUT2D eigenvalue weighted by Gasteiger charge is -1.97. The van der Waals surface area contributed by atoms with Gasteiger partial charge in [-0.15, -0.1) is 0 Å². The van der Waals surface area contributed by atoms with Gasteiger partial charge in [0.25, 0.3) is 0 Å². The third-order valence-corrected chi connectivity index (χ3v) is 1.84. The summed E-state index contributed by atoms with van der Waals surface area (Å²) >= 11 is 5.63. The van der Waals surface area contributed by atoms with E-state index >= 15 is 0 Å². The number of nitrogens with one attached hydrogen (secondary N) is 1. The normalized spacial score (nSPS) is 10.6. The molecule has 2 heterocycles. The largest absolute Gasteiger partial charge is 0.346 e. The third-order valence-electron chi connectivity index (χ3n) is 1.54. The maximum atomic E-state index is 13.0. The fraction of sp³-hybridized carbons (Fsp3) is 0. The molecule has 0 unspecified atom stereocenters. The van der Waals surface area contributed by atoms with E-state index in [1.165, 1.54) is 6.20 Å². The van der Waals surface area contributed by atoms with E-state index < -0.39 is 11.5 Å². The molecule has 0 amide bonds. The second kappa shape index (κ2) is 2.77. The molecule has 0 saturated carbocycles. The van der Waals surface area contributed by atoms with Crippen LogP contribution in [0.2, 0.25) is 5.15 Å². The number of nitrogens with zero attached hydrogens (tertiary/aromatic N) is 2. The predicted molar refractivity (Wildman–Crippen MR) is 45.1 cm³/mol. The van der Waals surface area contributed by atoms with Gasteiger partial charge in [-0.25, -0.2) is 9.18 Å². The number of aromatic amines is 1. The van der Waals surface area contributed by atoms with Crippen molar-refractivity contribution in [2.24, 2.45) is 0 Å². The Hall–Kier alpha value is -1.49. The summed E-state index contributed by atoms with van der Waals surface area (Å²) < 4.78 is 13.0. The number of fused-ring (bicyclic) bond motifs is 1. The van der Waals surface area contributed by atoms with Crippen LogP contribution in [0.1, 0.15) is 0 Å². The first-order chi connectivity index (χ1) is 6.18. The second-order valence-corrected chi connectivity index (χ2v) is 2.75. The van der Waals surface area contributed by atoms with Crippen molar-refractivity contribution in [2.45, 2.75) is 0 Å². The number of H-pyrrole nitrogens is 1. The van der Waals surface area contributed by atoms with E-state index in [1.807, 2.05) is 0 Å². The van der Waals surface area contributed by atoms with E-state index in [0.29, 0.717) is 5.39 Å². The van der Waals surface area contributed by atoms with Gasteiger partial charge in [0.2, 0.25) is 0 Å². The van der Waals surface area contributed by atoms with Crippen LogP contribution in [0.25, 0.3) is 10.9 Å². The summed E-state index contributed by atoms with van der Waals surface area (Å²) in [6.45, 7) is 0. The van der Waals surface area contributed by atoms with Crippen molar-refractivity contribution >= 4 is 22.5 Å². The topological polar surface area (TPSA) is 58.6 Å². The molecule has 0 saturated heterocycles. The van der Waals surface area contributed by atoms with Crippen LogP contribution in [0.3, 0.4) is 0 Å². The average Bonchev–Trinajstić information content (AvgIpc) is 2.07. The van der Waals surface area contributed by atoms with Crippen LogP contribution in [0.15, 0.2) is 17.2 Å². The molecule has 2 aromatic rings. The molecule has 13 heavy (non-hydrogen) atoms. The van der Waals surface area contributed by atoms with Gasteiger partial charge in [0.05, 0.1) is 11.6 Å². The average molecular weight is 200 g/mol. The van der Waals surface area contributed by atoms with Gasteiger partial charge < -0.3 is 0 Å². The van der Waals surface area contributed by atoms with E-state index in [-0.39, 0.29) is 10.7 Å². The van der Waals surface area contributed by atoms with Crippen molar-refractivity contribution in [3.63, 3.8) is 0 Å². The molecule has 2 aromatic heterocycles. The Morgan fingerprint density at radius 2 is 2.23 bits per heavy atom. The Kier molecular flexibility index (Phi) is 1.73. The number of pyridine rings is 1. The van der Waals surface area contributed by atoms with Gasteiger partial charge in [-0.3, -0.25) is 9.97 Å². The zero-order chi connectivity index (χ0) is 9.42. The molecule has 2 rings (SSSR count). The van der Waals surface area contributed by atoms with Crippen LogP contribution in [-0.4, -0.2) is 15.0 Å². The summed E-state index contributed by atoms with van der Waals surface area (Å²) in [4.78, 5) is 20.1. The first kappa shape index (κ1) is 8.12. The molecule has 66 valence electrons. The summed E-state index contributed by atoms with van der Waals surface area (Å²) in [7, 11) is 0. The van der Waals surface area contributed by atoms with E-state index in [0.717, 1.165) is 6.20 Å². The molecule has 0 aliphatic rings. The van der Waals surface area contributed by atoms with Gasteiger partial charge in [-0.2, -0.15) is 4.98 Å². The smallest absolute Gasteiger partial charge is 0.296 e. The lowest BCUT2D eigenvalue weighted by molar-refractivity contribution is 0.630. The van der Waals surface area contributed by atoms with Gasteiger partial charge in [0, 0.05) is 6.20 Å². The Labute approximate surface area is 76.4 Å². The molecule has 0 bridgehead atoms. The minimum atomic E-state index is -0.678. The highest BCUT2D eigenvalue weighted by atomic mass is 35.5. The SMILES string of the molecule is O=c1nc2c(F)cncc2c(Cl)[nH]1. The third kappa shape index (κ3) is 1.27. The molecular formula is C7H3ClFN3O. The molecule has 0 spiro atoms. The van der Waals surface area contributed by atoms with Crippen molar-refractivity contribution in [3.8, 4) is 0 Å². The molecule has 1 N–H and O–H groups in total. The highest BCUT2D eigenvalue weighted by Crippen LogP contribution is 2.17. The monoisotopic (exact) mass is 199 g/mol. The maximum Gasteiger partial charge on any atom is 0.346 e. The first-order valence-electron chi connectivity index (χ1n) is 3.37. The van der Waals surface area contributed by atoms with Crippen LogP contribution < -0.4 is 5.69 Å². The minimum Gasteiger partial charge on any atom is -0.296 e. The Bertz CT molecular complexity index is 525. The van der Waals surface area contributed by atoms with Crippen LogP contribution >= 0.6 is 11.6 Å². The van der Waals surface area contributed by atoms with E-state index in [1.54, 1.807) is 0 Å². The molecule has 0 aliphatic heterocycles. The van der Waals surface area contributed by atoms with Crippen LogP contribution in [0, 0.1) is 5.82 Å². The molecular weight excluding hydrogens is 197 g/mol. The fourth-order valence-corrected chi connectivity index (χ4v) is 1.21. The van der Waals surface area contributed by atoms with Crippen molar-refractivity contribution in [1.82, 2.24) is 15.0 Å². The molecule has 0 aliphatic carbocycles. The number of hydrogen-bond acceptors (Lipinski definition) is 3. The first-order valence-corrected chi connectivity index (χ1v) is 3.75. The summed E-state index contributed by atoms with van der Waals surface area (Å²) in [5.41, 5.74) is -0.744. The van der Waals surface area contributed by atoms with Crippen molar-refractivity contribution < 1.29 is 4.39 Å². The van der Waals surface area contributed by atoms with E-state index in [2.05, 4.69) is 15.0 Å². The second-order valence-electron chi connectivity index (χ2n) is 2.37. The summed E-state index contributed by atoms with van der Waals surface area (Å²) in [6.07, 6.45) is 2.31. The zero-order valence-corrected chi connectivity index (χ0v) is 6.97. The predicted octanol–water partition coefficient (Wildman–Crippen LogP) is 1.11. The highest BCUT2D eigenvalue weighted by Gasteiger charge is 2.06. The van der Waals surface area contributed by atoms with Gasteiger partial charge >= 0.3 is 5.69 Å². The zero-order valence-electron chi connectivity index (χ0n) is 6.21. The fourth-order valence-electron chi connectivity index (χ4n) is 0.993. The van der Waals surface area contributed by atoms with Crippen molar-refractivity contribution in [2.75, 3.05) is 0 Å². The Morgan fingerprint density at radius 3 is 3.00 bits per heavy atom. The molecule has 0 atom stereocenters. The summed E-state index contributed by atoms with van der Waals surface area (Å²) in [6, 6.07) is 0. The van der Waals surface area contributed by atoms with Gasteiger partial charge in [-0.05, 0) is 0 Å². The van der Waals surface area contributed by atoms with Gasteiger partial charge in [0.15, 0.2) is 5.82 Å². The minimum absolute atomic E-state index is 0.0435. The molecule has 0 aromatic carbocycles. The van der Waals surface area contributed by atoms with E-state index in [4.69, 9.17) is 11.6 Å². The summed E-state index contributed by atoms with van der Waals surface area (Å²) in [5.74, 6) is -0.662. The Morgan fingerprint density at radius 1 is 1.46 bits per heavy atom.